The molecule has 0 aliphatic carbocycles. The van der Waals surface area contributed by atoms with E-state index in [4.69, 9.17) is 9.47 Å². The van der Waals surface area contributed by atoms with Crippen LogP contribution in [-0.2, 0) is 19.1 Å². The fraction of sp³-hybridized carbons (Fsp3) is 0.414. The van der Waals surface area contributed by atoms with E-state index in [-0.39, 0.29) is 25.0 Å². The standard InChI is InChI=1S/C29H35F2N3O5/c1-5-38-27(36)22-17-34(18-25(30)31)16-21(22)20-13-10-19(11-14-20)12-15-26(35)32-23-8-6-7-9-24(23)33-28(37)39-29(2,3)4/h6-15,21-22,25H,5,16-18H2,1-4H3,(H,32,35)(H,33,37)/b15-12+. The summed E-state index contributed by atoms with van der Waals surface area (Å²) < 4.78 is 36.3. The summed E-state index contributed by atoms with van der Waals surface area (Å²) in [5.74, 6) is -1.58. The molecule has 1 aliphatic rings. The highest BCUT2D eigenvalue weighted by Gasteiger charge is 2.40. The number of rotatable bonds is 9. The van der Waals surface area contributed by atoms with E-state index in [1.807, 2.05) is 12.1 Å². The van der Waals surface area contributed by atoms with Gasteiger partial charge in [-0.2, -0.15) is 0 Å². The molecule has 0 radical (unpaired) electrons. The Labute approximate surface area is 227 Å². The normalized spacial score (nSPS) is 17.8. The Morgan fingerprint density at radius 3 is 2.26 bits per heavy atom. The number of alkyl halides is 2. The van der Waals surface area contributed by atoms with Crippen LogP contribution in [0.4, 0.5) is 25.0 Å². The number of hydrogen-bond donors (Lipinski definition) is 2. The predicted octanol–water partition coefficient (Wildman–Crippen LogP) is 5.53. The molecule has 8 nitrogen and oxygen atoms in total. The Kier molecular flexibility index (Phi) is 10.2. The molecule has 210 valence electrons. The fourth-order valence-electron chi connectivity index (χ4n) is 4.37. The molecule has 0 bridgehead atoms. The Balaban J connectivity index is 1.65. The van der Waals surface area contributed by atoms with Gasteiger partial charge in [0.05, 0.1) is 30.4 Å². The van der Waals surface area contributed by atoms with E-state index in [9.17, 15) is 23.2 Å². The number of halogens is 2. The van der Waals surface area contributed by atoms with Gasteiger partial charge in [-0.3, -0.25) is 19.8 Å². The summed E-state index contributed by atoms with van der Waals surface area (Å²) in [6, 6.07) is 14.0. The van der Waals surface area contributed by atoms with Crippen LogP contribution in [0.2, 0.25) is 0 Å². The van der Waals surface area contributed by atoms with Gasteiger partial charge in [-0.05, 0) is 57.0 Å². The number of amides is 2. The first kappa shape index (κ1) is 29.8. The first-order valence-corrected chi connectivity index (χ1v) is 12.8. The highest BCUT2D eigenvalue weighted by molar-refractivity contribution is 6.05. The largest absolute Gasteiger partial charge is 0.466 e. The van der Waals surface area contributed by atoms with E-state index in [1.165, 1.54) is 6.08 Å². The summed E-state index contributed by atoms with van der Waals surface area (Å²) in [7, 11) is 0. The number of nitrogens with zero attached hydrogens (tertiary/aromatic N) is 1. The van der Waals surface area contributed by atoms with Gasteiger partial charge in [-0.15, -0.1) is 0 Å². The lowest BCUT2D eigenvalue weighted by atomic mass is 9.88. The zero-order valence-corrected chi connectivity index (χ0v) is 22.6. The second kappa shape index (κ2) is 13.3. The molecule has 2 aromatic rings. The second-order valence-electron chi connectivity index (χ2n) is 10.2. The number of para-hydroxylation sites is 2. The van der Waals surface area contributed by atoms with Crippen LogP contribution < -0.4 is 10.6 Å². The smallest absolute Gasteiger partial charge is 0.412 e. The molecule has 10 heteroatoms. The van der Waals surface area contributed by atoms with Crippen LogP contribution in [0.15, 0.2) is 54.6 Å². The minimum absolute atomic E-state index is 0.222. The van der Waals surface area contributed by atoms with Crippen molar-refractivity contribution < 1.29 is 32.6 Å². The fourth-order valence-corrected chi connectivity index (χ4v) is 4.37. The molecule has 2 aromatic carbocycles. The lowest BCUT2D eigenvalue weighted by molar-refractivity contribution is -0.148. The minimum Gasteiger partial charge on any atom is -0.466 e. The molecule has 2 amide bonds. The first-order valence-electron chi connectivity index (χ1n) is 12.8. The highest BCUT2D eigenvalue weighted by atomic mass is 19.3. The van der Waals surface area contributed by atoms with Crippen molar-refractivity contribution in [1.29, 1.82) is 0 Å². The van der Waals surface area contributed by atoms with Crippen LogP contribution in [0.5, 0.6) is 0 Å². The highest BCUT2D eigenvalue weighted by Crippen LogP contribution is 2.34. The van der Waals surface area contributed by atoms with Gasteiger partial charge in [-0.25, -0.2) is 13.6 Å². The molecule has 3 rings (SSSR count). The maximum absolute atomic E-state index is 12.9. The van der Waals surface area contributed by atoms with Crippen LogP contribution in [0.25, 0.3) is 6.08 Å². The second-order valence-corrected chi connectivity index (χ2v) is 10.2. The van der Waals surface area contributed by atoms with Gasteiger partial charge >= 0.3 is 12.1 Å². The lowest BCUT2D eigenvalue weighted by Crippen LogP contribution is -2.28. The summed E-state index contributed by atoms with van der Waals surface area (Å²) in [5, 5.41) is 5.38. The van der Waals surface area contributed by atoms with Crippen molar-refractivity contribution >= 4 is 35.4 Å². The maximum Gasteiger partial charge on any atom is 0.412 e. The third-order valence-corrected chi connectivity index (χ3v) is 5.99. The number of benzene rings is 2. The van der Waals surface area contributed by atoms with Crippen LogP contribution in [-0.4, -0.2) is 61.1 Å². The number of anilines is 2. The molecule has 1 saturated heterocycles. The number of ether oxygens (including phenoxy) is 2. The van der Waals surface area contributed by atoms with Crippen molar-refractivity contribution in [2.75, 3.05) is 36.9 Å². The average molecular weight is 544 g/mol. The summed E-state index contributed by atoms with van der Waals surface area (Å²) in [6.07, 6.45) is -0.126. The predicted molar refractivity (Wildman–Crippen MR) is 146 cm³/mol. The topological polar surface area (TPSA) is 97.0 Å². The van der Waals surface area contributed by atoms with Crippen molar-refractivity contribution in [2.24, 2.45) is 5.92 Å². The average Bonchev–Trinajstić information content (AvgIpc) is 3.26. The van der Waals surface area contributed by atoms with E-state index in [2.05, 4.69) is 10.6 Å². The zero-order valence-electron chi connectivity index (χ0n) is 22.6. The van der Waals surface area contributed by atoms with Gasteiger partial charge in [-0.1, -0.05) is 36.4 Å². The molecule has 1 heterocycles. The monoisotopic (exact) mass is 543 g/mol. The number of likely N-dealkylation sites (tertiary alicyclic amines) is 1. The molecule has 1 fully saturated rings. The van der Waals surface area contributed by atoms with E-state index in [1.54, 1.807) is 75.1 Å². The van der Waals surface area contributed by atoms with Crippen LogP contribution in [0.3, 0.4) is 0 Å². The van der Waals surface area contributed by atoms with Crippen LogP contribution in [0.1, 0.15) is 44.7 Å². The molecule has 0 saturated carbocycles. The summed E-state index contributed by atoms with van der Waals surface area (Å²) in [5.41, 5.74) is 1.72. The quantitative estimate of drug-likeness (QED) is 0.319. The van der Waals surface area contributed by atoms with Gasteiger partial charge < -0.3 is 14.8 Å². The molecule has 2 atom stereocenters. The Hall–Kier alpha value is -3.79. The maximum atomic E-state index is 12.9. The van der Waals surface area contributed by atoms with Crippen LogP contribution in [0, 0.1) is 5.92 Å². The number of nitrogens with one attached hydrogen (secondary N) is 2. The van der Waals surface area contributed by atoms with Gasteiger partial charge in [0.25, 0.3) is 6.43 Å². The Bertz CT molecular complexity index is 1180. The van der Waals surface area contributed by atoms with Crippen LogP contribution >= 0.6 is 0 Å². The number of esters is 1. The lowest BCUT2D eigenvalue weighted by Gasteiger charge is -2.20. The summed E-state index contributed by atoms with van der Waals surface area (Å²) in [4.78, 5) is 38.8. The number of carbonyl (C=O) groups excluding carboxylic acids is 3. The third kappa shape index (κ3) is 9.17. The molecule has 0 spiro atoms. The SMILES string of the molecule is CCOC(=O)C1CN(CC(F)F)CC1c1ccc(/C=C/C(=O)Nc2ccccc2NC(=O)OC(C)(C)C)cc1. The van der Waals surface area contributed by atoms with Crippen molar-refractivity contribution in [2.45, 2.75) is 45.6 Å². The molecule has 1 aliphatic heterocycles. The Morgan fingerprint density at radius 2 is 1.67 bits per heavy atom. The van der Waals surface area contributed by atoms with E-state index in [0.29, 0.717) is 17.9 Å². The molecule has 39 heavy (non-hydrogen) atoms. The molecular weight excluding hydrogens is 508 g/mol. The molecular formula is C29H35F2N3O5. The minimum atomic E-state index is -2.48. The summed E-state index contributed by atoms with van der Waals surface area (Å²) >= 11 is 0. The first-order chi connectivity index (χ1) is 18.4. The molecule has 2 unspecified atom stereocenters. The van der Waals surface area contributed by atoms with Crippen molar-refractivity contribution in [3.8, 4) is 0 Å². The number of carbonyl (C=O) groups is 3. The Morgan fingerprint density at radius 1 is 1.03 bits per heavy atom. The van der Waals surface area contributed by atoms with Crippen molar-refractivity contribution in [3.63, 3.8) is 0 Å². The van der Waals surface area contributed by atoms with E-state index in [0.717, 1.165) is 11.1 Å². The van der Waals surface area contributed by atoms with E-state index >= 15 is 0 Å². The third-order valence-electron chi connectivity index (χ3n) is 5.99. The van der Waals surface area contributed by atoms with Gasteiger partial charge in [0, 0.05) is 25.1 Å². The summed E-state index contributed by atoms with van der Waals surface area (Å²) in [6.45, 7) is 7.38. The van der Waals surface area contributed by atoms with Crippen molar-refractivity contribution in [3.05, 3.63) is 65.7 Å². The number of hydrogen-bond acceptors (Lipinski definition) is 6. The van der Waals surface area contributed by atoms with Gasteiger partial charge in [0.2, 0.25) is 5.91 Å². The zero-order chi connectivity index (χ0) is 28.6. The van der Waals surface area contributed by atoms with Gasteiger partial charge in [0.1, 0.15) is 5.60 Å². The van der Waals surface area contributed by atoms with Crippen molar-refractivity contribution in [1.82, 2.24) is 4.90 Å². The van der Waals surface area contributed by atoms with E-state index < -0.39 is 36.5 Å². The molecule has 2 N–H and O–H groups in total. The van der Waals surface area contributed by atoms with Gasteiger partial charge in [0.15, 0.2) is 0 Å². The molecule has 0 aromatic heterocycles.